The molecule has 8 heteroatoms. The summed E-state index contributed by atoms with van der Waals surface area (Å²) in [5, 5.41) is 0. The van der Waals surface area contributed by atoms with Gasteiger partial charge in [-0.05, 0) is 46.2 Å². The first kappa shape index (κ1) is 44.5. The van der Waals surface area contributed by atoms with Crippen molar-refractivity contribution in [2.24, 2.45) is 0 Å². The van der Waals surface area contributed by atoms with Gasteiger partial charge in [0, 0.05) is 25.1 Å². The summed E-state index contributed by atoms with van der Waals surface area (Å²) in [7, 11) is 4.03. The van der Waals surface area contributed by atoms with Gasteiger partial charge in [0.25, 0.3) is 0 Å². The molecule has 0 N–H and O–H groups in total. The minimum Gasteiger partial charge on any atom is -0.464 e. The number of hydrogen-bond acceptors (Lipinski definition) is 7. The van der Waals surface area contributed by atoms with Crippen LogP contribution in [-0.4, -0.2) is 86.1 Å². The molecule has 0 rings (SSSR count). The Hall–Kier alpha value is -1.54. The molecule has 0 fully saturated rings. The van der Waals surface area contributed by atoms with E-state index in [1.165, 1.54) is 89.9 Å². The normalized spacial score (nSPS) is 11.4. The van der Waals surface area contributed by atoms with Crippen molar-refractivity contribution in [1.29, 1.82) is 0 Å². The fourth-order valence-electron chi connectivity index (χ4n) is 5.10. The van der Waals surface area contributed by atoms with Crippen LogP contribution in [0.5, 0.6) is 0 Å². The average molecular weight is 669 g/mol. The summed E-state index contributed by atoms with van der Waals surface area (Å²) in [5.74, 6) is 0.818. The Balaban J connectivity index is 4.18. The fourth-order valence-corrected chi connectivity index (χ4v) is 6.09. The van der Waals surface area contributed by atoms with Crippen LogP contribution in [0.25, 0.3) is 0 Å². The van der Waals surface area contributed by atoms with Crippen LogP contribution in [0.4, 0.5) is 0 Å². The number of nitrogens with zero attached hydrogens (tertiary/aromatic N) is 2. The van der Waals surface area contributed by atoms with Gasteiger partial charge < -0.3 is 19.3 Å². The van der Waals surface area contributed by atoms with Crippen molar-refractivity contribution in [3.63, 3.8) is 0 Å². The minimum atomic E-state index is -0.204. The molecule has 0 aromatic rings. The predicted octanol–water partition coefficient (Wildman–Crippen LogP) is 9.37. The highest BCUT2D eigenvalue weighted by Gasteiger charge is 2.15. The molecule has 0 saturated heterocycles. The van der Waals surface area contributed by atoms with Crippen molar-refractivity contribution in [1.82, 2.24) is 9.80 Å². The number of thioether (sulfide) groups is 1. The number of unbranched alkanes of at least 4 members (excludes halogenated alkanes) is 17. The summed E-state index contributed by atoms with van der Waals surface area (Å²) in [6.07, 6.45) is 29.4. The summed E-state index contributed by atoms with van der Waals surface area (Å²) in [6, 6.07) is 0. The maximum absolute atomic E-state index is 12.9. The largest absolute Gasteiger partial charge is 0.464 e. The molecule has 0 spiro atoms. The number of hydrogen-bond donors (Lipinski definition) is 0. The number of rotatable bonds is 34. The van der Waals surface area contributed by atoms with Crippen molar-refractivity contribution in [2.45, 2.75) is 155 Å². The lowest BCUT2D eigenvalue weighted by molar-refractivity contribution is -0.147. The van der Waals surface area contributed by atoms with Crippen LogP contribution in [0, 0.1) is 0 Å². The monoisotopic (exact) mass is 669 g/mol. The molecule has 0 aromatic heterocycles. The van der Waals surface area contributed by atoms with Gasteiger partial charge in [-0.3, -0.25) is 14.4 Å². The Morgan fingerprint density at radius 2 is 1.00 bits per heavy atom. The van der Waals surface area contributed by atoms with Gasteiger partial charge in [0.2, 0.25) is 5.91 Å². The molecule has 7 nitrogen and oxygen atoms in total. The van der Waals surface area contributed by atoms with E-state index < -0.39 is 0 Å². The zero-order valence-electron chi connectivity index (χ0n) is 30.5. The van der Waals surface area contributed by atoms with Gasteiger partial charge in [0.15, 0.2) is 0 Å². The highest BCUT2D eigenvalue weighted by Crippen LogP contribution is 2.13. The molecule has 0 unspecified atom stereocenters. The first-order valence-corrected chi connectivity index (χ1v) is 20.0. The summed E-state index contributed by atoms with van der Waals surface area (Å²) in [6.45, 7) is 6.36. The Labute approximate surface area is 288 Å². The maximum atomic E-state index is 12.9. The number of ether oxygens (including phenoxy) is 2. The molecule has 46 heavy (non-hydrogen) atoms. The van der Waals surface area contributed by atoms with Crippen molar-refractivity contribution >= 4 is 29.6 Å². The highest BCUT2D eigenvalue weighted by molar-refractivity contribution is 7.99. The van der Waals surface area contributed by atoms with Crippen LogP contribution in [0.1, 0.15) is 155 Å². The van der Waals surface area contributed by atoms with E-state index in [0.717, 1.165) is 50.8 Å². The van der Waals surface area contributed by atoms with E-state index in [-0.39, 0.29) is 31.1 Å². The number of carbonyl (C=O) groups is 3. The van der Waals surface area contributed by atoms with E-state index in [1.54, 1.807) is 16.7 Å². The average Bonchev–Trinajstić information content (AvgIpc) is 3.03. The molecule has 0 atom stereocenters. The smallest absolute Gasteiger partial charge is 0.305 e. The molecular weight excluding hydrogens is 596 g/mol. The second-order valence-electron chi connectivity index (χ2n) is 12.9. The first-order chi connectivity index (χ1) is 22.4. The molecule has 270 valence electrons. The molecule has 1 amide bonds. The lowest BCUT2D eigenvalue weighted by Gasteiger charge is -2.22. The molecule has 0 heterocycles. The van der Waals surface area contributed by atoms with Crippen LogP contribution in [0.3, 0.4) is 0 Å². The van der Waals surface area contributed by atoms with E-state index in [9.17, 15) is 14.4 Å². The van der Waals surface area contributed by atoms with Gasteiger partial charge in [0.05, 0.1) is 18.8 Å². The Kier molecular flexibility index (Phi) is 33.6. The highest BCUT2D eigenvalue weighted by atomic mass is 32.2. The molecule has 0 aliphatic rings. The van der Waals surface area contributed by atoms with Gasteiger partial charge in [0.1, 0.15) is 13.2 Å². The predicted molar refractivity (Wildman–Crippen MR) is 196 cm³/mol. The standard InChI is InChI=1S/C38H72N2O5S/c1-5-7-9-11-13-15-17-19-21-23-25-27-37(42)44-32-29-40(36(41)35-46-34-31-39(3)4)30-33-45-38(43)28-26-24-22-20-18-16-14-12-10-8-6-2/h11,13H,5-10,12,14-35H2,1-4H3/b13-11-. The summed E-state index contributed by atoms with van der Waals surface area (Å²) >= 11 is 1.59. The van der Waals surface area contributed by atoms with E-state index in [4.69, 9.17) is 9.47 Å². The lowest BCUT2D eigenvalue weighted by Crippen LogP contribution is -2.38. The van der Waals surface area contributed by atoms with Gasteiger partial charge >= 0.3 is 11.9 Å². The van der Waals surface area contributed by atoms with Gasteiger partial charge in [-0.1, -0.05) is 122 Å². The van der Waals surface area contributed by atoms with Gasteiger partial charge in [-0.15, -0.1) is 0 Å². The zero-order chi connectivity index (χ0) is 33.9. The third-order valence-electron chi connectivity index (χ3n) is 8.14. The summed E-state index contributed by atoms with van der Waals surface area (Å²) in [4.78, 5) is 41.2. The van der Waals surface area contributed by atoms with E-state index in [0.29, 0.717) is 31.7 Å². The van der Waals surface area contributed by atoms with Crippen molar-refractivity contribution in [3.05, 3.63) is 12.2 Å². The maximum Gasteiger partial charge on any atom is 0.305 e. The van der Waals surface area contributed by atoms with Crippen LogP contribution < -0.4 is 0 Å². The van der Waals surface area contributed by atoms with Gasteiger partial charge in [-0.25, -0.2) is 0 Å². The Morgan fingerprint density at radius 1 is 0.565 bits per heavy atom. The van der Waals surface area contributed by atoms with Crippen molar-refractivity contribution in [2.75, 3.05) is 58.4 Å². The van der Waals surface area contributed by atoms with E-state index >= 15 is 0 Å². The Bertz CT molecular complexity index is 747. The first-order valence-electron chi connectivity index (χ1n) is 18.9. The summed E-state index contributed by atoms with van der Waals surface area (Å²) < 4.78 is 10.9. The Morgan fingerprint density at radius 3 is 1.48 bits per heavy atom. The van der Waals surface area contributed by atoms with Crippen LogP contribution in [0.2, 0.25) is 0 Å². The molecule has 0 aliphatic carbocycles. The lowest BCUT2D eigenvalue weighted by atomic mass is 10.1. The molecule has 0 bridgehead atoms. The van der Waals surface area contributed by atoms with Crippen LogP contribution in [-0.2, 0) is 23.9 Å². The quantitative estimate of drug-likeness (QED) is 0.0384. The molecule has 0 aliphatic heterocycles. The van der Waals surface area contributed by atoms with Gasteiger partial charge in [-0.2, -0.15) is 11.8 Å². The van der Waals surface area contributed by atoms with E-state index in [1.807, 2.05) is 14.1 Å². The number of allylic oxidation sites excluding steroid dienone is 2. The van der Waals surface area contributed by atoms with Crippen molar-refractivity contribution < 1.29 is 23.9 Å². The molecular formula is C38H72N2O5S. The fraction of sp³-hybridized carbons (Fsp3) is 0.868. The SMILES string of the molecule is CCCC/C=C\CCCCCCCC(=O)OCCN(CCOC(=O)CCCCCCCCCCCCC)C(=O)CSCCN(C)C. The van der Waals surface area contributed by atoms with E-state index in [2.05, 4.69) is 30.9 Å². The molecule has 0 aromatic carbocycles. The second-order valence-corrected chi connectivity index (χ2v) is 14.0. The number of amides is 1. The second kappa shape index (κ2) is 34.8. The molecule has 0 saturated carbocycles. The minimum absolute atomic E-state index is 0.0126. The third kappa shape index (κ3) is 32.4. The van der Waals surface area contributed by atoms with Crippen LogP contribution in [0.15, 0.2) is 12.2 Å². The van der Waals surface area contributed by atoms with Crippen LogP contribution >= 0.6 is 11.8 Å². The summed E-state index contributed by atoms with van der Waals surface area (Å²) in [5.41, 5.74) is 0. The zero-order valence-corrected chi connectivity index (χ0v) is 31.3. The third-order valence-corrected chi connectivity index (χ3v) is 9.06. The number of carbonyl (C=O) groups excluding carboxylic acids is 3. The van der Waals surface area contributed by atoms with Crippen molar-refractivity contribution in [3.8, 4) is 0 Å². The molecule has 0 radical (unpaired) electrons. The topological polar surface area (TPSA) is 76.1 Å². The number of esters is 2.